The van der Waals surface area contributed by atoms with Gasteiger partial charge in [0.25, 0.3) is 0 Å². The third-order valence-corrected chi connectivity index (χ3v) is 2.87. The van der Waals surface area contributed by atoms with E-state index >= 15 is 0 Å². The van der Waals surface area contributed by atoms with E-state index in [1.807, 2.05) is 24.9 Å². The van der Waals surface area contributed by atoms with Gasteiger partial charge in [0.2, 0.25) is 0 Å². The van der Waals surface area contributed by atoms with Gasteiger partial charge in [-0.25, -0.2) is 4.39 Å². The molecule has 0 spiro atoms. The SMILES string of the molecule is CN(CCCC(C)(N)CO)c1ccccc1F. The van der Waals surface area contributed by atoms with Crippen molar-refractivity contribution in [3.05, 3.63) is 30.1 Å². The van der Waals surface area contributed by atoms with Crippen LogP contribution in [-0.4, -0.2) is 30.8 Å². The highest BCUT2D eigenvalue weighted by molar-refractivity contribution is 5.46. The van der Waals surface area contributed by atoms with Crippen LogP contribution < -0.4 is 10.6 Å². The van der Waals surface area contributed by atoms with Crippen molar-refractivity contribution in [3.63, 3.8) is 0 Å². The van der Waals surface area contributed by atoms with Crippen LogP contribution >= 0.6 is 0 Å². The first kappa shape index (κ1) is 13.9. The minimum Gasteiger partial charge on any atom is -0.394 e. The zero-order valence-corrected chi connectivity index (χ0v) is 10.5. The smallest absolute Gasteiger partial charge is 0.146 e. The topological polar surface area (TPSA) is 49.5 Å². The Kier molecular flexibility index (Phi) is 4.90. The molecule has 0 saturated carbocycles. The maximum atomic E-state index is 13.5. The average Bonchev–Trinajstić information content (AvgIpc) is 2.29. The number of aliphatic hydroxyl groups is 1. The number of halogens is 1. The quantitative estimate of drug-likeness (QED) is 0.796. The van der Waals surface area contributed by atoms with Crippen LogP contribution in [0.1, 0.15) is 19.8 Å². The third kappa shape index (κ3) is 4.32. The van der Waals surface area contributed by atoms with Gasteiger partial charge in [0.15, 0.2) is 0 Å². The number of hydrogen-bond acceptors (Lipinski definition) is 3. The maximum Gasteiger partial charge on any atom is 0.146 e. The first-order valence-corrected chi connectivity index (χ1v) is 5.82. The van der Waals surface area contributed by atoms with Crippen molar-refractivity contribution >= 4 is 5.69 Å². The Balaban J connectivity index is 2.46. The van der Waals surface area contributed by atoms with E-state index < -0.39 is 5.54 Å². The summed E-state index contributed by atoms with van der Waals surface area (Å²) in [5, 5.41) is 9.02. The summed E-state index contributed by atoms with van der Waals surface area (Å²) in [5.41, 5.74) is 5.88. The van der Waals surface area contributed by atoms with Crippen LogP contribution in [0.2, 0.25) is 0 Å². The Morgan fingerprint density at radius 3 is 2.65 bits per heavy atom. The highest BCUT2D eigenvalue weighted by Crippen LogP contribution is 2.18. The molecule has 0 amide bonds. The monoisotopic (exact) mass is 240 g/mol. The molecule has 1 aromatic rings. The Hall–Kier alpha value is -1.13. The molecule has 0 aliphatic carbocycles. The molecule has 1 aromatic carbocycles. The molecular formula is C13H21FN2O. The van der Waals surface area contributed by atoms with Gasteiger partial charge in [-0.15, -0.1) is 0 Å². The third-order valence-electron chi connectivity index (χ3n) is 2.87. The van der Waals surface area contributed by atoms with Gasteiger partial charge < -0.3 is 15.7 Å². The second-order valence-electron chi connectivity index (χ2n) is 4.79. The summed E-state index contributed by atoms with van der Waals surface area (Å²) in [7, 11) is 1.85. The molecule has 1 unspecified atom stereocenters. The molecule has 0 bridgehead atoms. The van der Waals surface area contributed by atoms with E-state index in [2.05, 4.69) is 0 Å². The number of para-hydroxylation sites is 1. The second kappa shape index (κ2) is 5.98. The van der Waals surface area contributed by atoms with E-state index in [4.69, 9.17) is 10.8 Å². The average molecular weight is 240 g/mol. The Morgan fingerprint density at radius 2 is 2.06 bits per heavy atom. The molecule has 1 atom stereocenters. The lowest BCUT2D eigenvalue weighted by Crippen LogP contribution is -2.40. The zero-order valence-electron chi connectivity index (χ0n) is 10.5. The van der Waals surface area contributed by atoms with Gasteiger partial charge >= 0.3 is 0 Å². The largest absolute Gasteiger partial charge is 0.394 e. The molecule has 1 rings (SSSR count). The Morgan fingerprint density at radius 1 is 1.41 bits per heavy atom. The fourth-order valence-electron chi connectivity index (χ4n) is 1.68. The minimum absolute atomic E-state index is 0.0313. The summed E-state index contributed by atoms with van der Waals surface area (Å²) < 4.78 is 13.5. The molecule has 96 valence electrons. The number of benzene rings is 1. The van der Waals surface area contributed by atoms with Gasteiger partial charge in [0, 0.05) is 19.1 Å². The van der Waals surface area contributed by atoms with Crippen molar-refractivity contribution in [1.29, 1.82) is 0 Å². The summed E-state index contributed by atoms with van der Waals surface area (Å²) in [4.78, 5) is 1.86. The Bertz CT molecular complexity index is 355. The molecule has 17 heavy (non-hydrogen) atoms. The fraction of sp³-hybridized carbons (Fsp3) is 0.538. The van der Waals surface area contributed by atoms with E-state index in [0.29, 0.717) is 18.7 Å². The van der Waals surface area contributed by atoms with Gasteiger partial charge in [0.1, 0.15) is 5.82 Å². The van der Waals surface area contributed by atoms with Crippen molar-refractivity contribution in [1.82, 2.24) is 0 Å². The lowest BCUT2D eigenvalue weighted by molar-refractivity contribution is 0.199. The standard InChI is InChI=1S/C13H21FN2O/c1-13(15,10-17)8-5-9-16(2)12-7-4-3-6-11(12)14/h3-4,6-7,17H,5,8-10,15H2,1-2H3. The molecular weight excluding hydrogens is 219 g/mol. The summed E-state index contributed by atoms with van der Waals surface area (Å²) in [6.07, 6.45) is 1.53. The molecule has 3 nitrogen and oxygen atoms in total. The van der Waals surface area contributed by atoms with Gasteiger partial charge in [-0.05, 0) is 31.9 Å². The second-order valence-corrected chi connectivity index (χ2v) is 4.79. The molecule has 0 saturated heterocycles. The van der Waals surface area contributed by atoms with Crippen molar-refractivity contribution in [2.24, 2.45) is 5.73 Å². The number of nitrogens with two attached hydrogens (primary N) is 1. The van der Waals surface area contributed by atoms with Crippen LogP contribution in [0.25, 0.3) is 0 Å². The number of anilines is 1. The van der Waals surface area contributed by atoms with E-state index in [1.165, 1.54) is 6.07 Å². The van der Waals surface area contributed by atoms with E-state index in [1.54, 1.807) is 12.1 Å². The van der Waals surface area contributed by atoms with Crippen molar-refractivity contribution in [2.75, 3.05) is 25.1 Å². The van der Waals surface area contributed by atoms with E-state index in [-0.39, 0.29) is 12.4 Å². The predicted molar refractivity (Wildman–Crippen MR) is 68.6 cm³/mol. The van der Waals surface area contributed by atoms with Gasteiger partial charge in [-0.3, -0.25) is 0 Å². The Labute approximate surface area is 102 Å². The summed E-state index contributed by atoms with van der Waals surface area (Å²) in [5.74, 6) is -0.215. The van der Waals surface area contributed by atoms with E-state index in [9.17, 15) is 4.39 Å². The highest BCUT2D eigenvalue weighted by atomic mass is 19.1. The molecule has 0 aliphatic rings. The predicted octanol–water partition coefficient (Wildman–Crippen LogP) is 1.75. The molecule has 0 aromatic heterocycles. The zero-order chi connectivity index (χ0) is 12.9. The van der Waals surface area contributed by atoms with Crippen molar-refractivity contribution in [2.45, 2.75) is 25.3 Å². The van der Waals surface area contributed by atoms with Crippen molar-refractivity contribution in [3.8, 4) is 0 Å². The molecule has 0 aliphatic heterocycles. The van der Waals surface area contributed by atoms with Crippen LogP contribution in [0.3, 0.4) is 0 Å². The van der Waals surface area contributed by atoms with Crippen LogP contribution in [-0.2, 0) is 0 Å². The molecule has 0 heterocycles. The number of hydrogen-bond donors (Lipinski definition) is 2. The van der Waals surface area contributed by atoms with Crippen LogP contribution in [0.4, 0.5) is 10.1 Å². The number of aliphatic hydroxyl groups excluding tert-OH is 1. The summed E-state index contributed by atoms with van der Waals surface area (Å²) >= 11 is 0. The summed E-state index contributed by atoms with van der Waals surface area (Å²) in [6, 6.07) is 6.70. The molecule has 3 N–H and O–H groups in total. The van der Waals surface area contributed by atoms with Crippen LogP contribution in [0.5, 0.6) is 0 Å². The van der Waals surface area contributed by atoms with Gasteiger partial charge in [-0.1, -0.05) is 12.1 Å². The first-order valence-electron chi connectivity index (χ1n) is 5.82. The number of rotatable bonds is 6. The lowest BCUT2D eigenvalue weighted by Gasteiger charge is -2.24. The van der Waals surface area contributed by atoms with E-state index in [0.717, 1.165) is 6.42 Å². The minimum atomic E-state index is -0.546. The lowest BCUT2D eigenvalue weighted by atomic mass is 9.98. The van der Waals surface area contributed by atoms with Gasteiger partial charge in [-0.2, -0.15) is 0 Å². The van der Waals surface area contributed by atoms with Crippen LogP contribution in [0.15, 0.2) is 24.3 Å². The molecule has 0 radical (unpaired) electrons. The van der Waals surface area contributed by atoms with Crippen molar-refractivity contribution < 1.29 is 9.50 Å². The first-order chi connectivity index (χ1) is 7.96. The van der Waals surface area contributed by atoms with Gasteiger partial charge in [0.05, 0.1) is 12.3 Å². The normalized spacial score (nSPS) is 14.4. The number of nitrogens with zero attached hydrogens (tertiary/aromatic N) is 1. The van der Waals surface area contributed by atoms with Crippen LogP contribution in [0, 0.1) is 5.82 Å². The highest BCUT2D eigenvalue weighted by Gasteiger charge is 2.16. The molecule has 4 heteroatoms. The molecule has 0 fully saturated rings. The maximum absolute atomic E-state index is 13.5. The fourth-order valence-corrected chi connectivity index (χ4v) is 1.68. The summed E-state index contributed by atoms with van der Waals surface area (Å²) in [6.45, 7) is 2.50.